The Labute approximate surface area is 189 Å². The van der Waals surface area contributed by atoms with E-state index in [0.717, 1.165) is 18.2 Å². The van der Waals surface area contributed by atoms with Crippen molar-refractivity contribution < 1.29 is 9.59 Å². The number of amides is 2. The third-order valence-electron chi connectivity index (χ3n) is 5.29. The first-order valence-corrected chi connectivity index (χ1v) is 10.4. The van der Waals surface area contributed by atoms with Gasteiger partial charge in [-0.15, -0.1) is 0 Å². The largest absolute Gasteiger partial charge is 0.402 e. The Hall–Kier alpha value is -3.72. The quantitative estimate of drug-likeness (QED) is 0.361. The van der Waals surface area contributed by atoms with Crippen LogP contribution in [0.15, 0.2) is 41.9 Å². The summed E-state index contributed by atoms with van der Waals surface area (Å²) in [6.07, 6.45) is 4.85. The second-order valence-electron chi connectivity index (χ2n) is 7.77. The fraction of sp³-hybridized carbons (Fsp3) is 0.227. The van der Waals surface area contributed by atoms with Crippen LogP contribution in [0.5, 0.6) is 0 Å². The van der Waals surface area contributed by atoms with Crippen LogP contribution in [-0.2, 0) is 9.59 Å². The van der Waals surface area contributed by atoms with Gasteiger partial charge in [0.25, 0.3) is 5.91 Å². The van der Waals surface area contributed by atoms with Crippen LogP contribution < -0.4 is 16.4 Å². The van der Waals surface area contributed by atoms with Crippen molar-refractivity contribution >= 4 is 51.7 Å². The Morgan fingerprint density at radius 1 is 1.22 bits per heavy atom. The van der Waals surface area contributed by atoms with Gasteiger partial charge in [0.05, 0.1) is 16.9 Å². The number of carbonyl (C=O) groups excluding carboxylic acids is 2. The Morgan fingerprint density at radius 3 is 2.66 bits per heavy atom. The smallest absolute Gasteiger partial charge is 0.273 e. The molecule has 0 radical (unpaired) electrons. The van der Waals surface area contributed by atoms with E-state index in [0.29, 0.717) is 44.7 Å². The molecule has 1 fully saturated rings. The van der Waals surface area contributed by atoms with E-state index in [1.807, 2.05) is 6.07 Å². The molecule has 0 aliphatic heterocycles. The van der Waals surface area contributed by atoms with Crippen molar-refractivity contribution in [2.75, 3.05) is 10.6 Å². The summed E-state index contributed by atoms with van der Waals surface area (Å²) in [5.74, 6) is -0.289. The molecule has 0 atom stereocenters. The first-order valence-electron chi connectivity index (χ1n) is 10.0. The van der Waals surface area contributed by atoms with Crippen LogP contribution in [0.1, 0.15) is 26.7 Å². The fourth-order valence-electron chi connectivity index (χ4n) is 3.09. The van der Waals surface area contributed by atoms with E-state index < -0.39 is 5.91 Å². The van der Waals surface area contributed by atoms with Gasteiger partial charge in [0.2, 0.25) is 5.91 Å². The number of pyridine rings is 2. The van der Waals surface area contributed by atoms with Crippen LogP contribution >= 0.6 is 11.6 Å². The van der Waals surface area contributed by atoms with Crippen molar-refractivity contribution in [2.45, 2.75) is 26.7 Å². The van der Waals surface area contributed by atoms with Gasteiger partial charge in [-0.1, -0.05) is 11.6 Å². The molecule has 164 valence electrons. The summed E-state index contributed by atoms with van der Waals surface area (Å²) in [7, 11) is 0. The number of hydrogen-bond donors (Lipinski definition) is 5. The molecule has 32 heavy (non-hydrogen) atoms. The molecule has 0 saturated heterocycles. The number of H-pyrrole nitrogens is 1. The normalized spacial score (nSPS) is 14.1. The van der Waals surface area contributed by atoms with Crippen molar-refractivity contribution in [3.8, 4) is 11.3 Å². The summed E-state index contributed by atoms with van der Waals surface area (Å²) in [6.45, 7) is 3.26. The molecule has 3 aromatic heterocycles. The minimum absolute atomic E-state index is 0.0388. The summed E-state index contributed by atoms with van der Waals surface area (Å²) in [6, 6.07) is 5.33. The molecule has 4 rings (SSSR count). The third-order valence-corrected chi connectivity index (χ3v) is 5.67. The van der Waals surface area contributed by atoms with E-state index in [2.05, 4.69) is 25.6 Å². The van der Waals surface area contributed by atoms with Gasteiger partial charge in [-0.2, -0.15) is 0 Å². The van der Waals surface area contributed by atoms with Gasteiger partial charge in [-0.05, 0) is 50.5 Å². The standard InChI is InChI=1S/C22H22ClN7O2/c1-10(11(2)24)18(25)22(32)28-14-7-13-8-16(29-19(13)27-9-14)15-5-6-26-20(17(15)23)30-21(31)12-3-4-12/h5-9,12,25H,3-4,24H2,1-2H3,(H,27,29)(H,28,32)(H,26,30,31)/b11-10-,25-18?. The topological polar surface area (TPSA) is 150 Å². The van der Waals surface area contributed by atoms with Gasteiger partial charge in [-0.25, -0.2) is 9.97 Å². The van der Waals surface area contributed by atoms with Gasteiger partial charge >= 0.3 is 0 Å². The molecular formula is C22H22ClN7O2. The Balaban J connectivity index is 1.58. The van der Waals surface area contributed by atoms with Gasteiger partial charge in [0.15, 0.2) is 5.82 Å². The zero-order chi connectivity index (χ0) is 23.0. The number of aromatic nitrogens is 3. The number of carbonyl (C=O) groups is 2. The summed E-state index contributed by atoms with van der Waals surface area (Å²) in [5, 5.41) is 14.5. The molecule has 1 aliphatic rings. The lowest BCUT2D eigenvalue weighted by atomic mass is 10.1. The van der Waals surface area contributed by atoms with Gasteiger partial charge in [0, 0.05) is 34.5 Å². The van der Waals surface area contributed by atoms with Crippen LogP contribution in [-0.4, -0.2) is 32.5 Å². The maximum absolute atomic E-state index is 12.3. The van der Waals surface area contributed by atoms with E-state index in [9.17, 15) is 9.59 Å². The number of rotatable bonds is 6. The Kier molecular flexibility index (Phi) is 5.67. The highest BCUT2D eigenvalue weighted by atomic mass is 35.5. The SMILES string of the molecule is C/C(N)=C(\C)C(=N)C(=O)Nc1cnc2[nH]c(-c3ccnc(NC(=O)C4CC4)c3Cl)cc2c1. The maximum Gasteiger partial charge on any atom is 0.273 e. The number of nitrogens with zero attached hydrogens (tertiary/aromatic N) is 2. The van der Waals surface area contributed by atoms with Gasteiger partial charge in [0.1, 0.15) is 11.4 Å². The summed E-state index contributed by atoms with van der Waals surface area (Å²) in [4.78, 5) is 36.1. The van der Waals surface area contributed by atoms with E-state index in [4.69, 9.17) is 22.7 Å². The molecule has 0 aromatic carbocycles. The molecule has 0 spiro atoms. The molecule has 3 heterocycles. The second-order valence-corrected chi connectivity index (χ2v) is 8.14. The highest BCUT2D eigenvalue weighted by molar-refractivity contribution is 6.47. The molecule has 0 bridgehead atoms. The van der Waals surface area contributed by atoms with Crippen molar-refractivity contribution in [1.82, 2.24) is 15.0 Å². The van der Waals surface area contributed by atoms with Crippen molar-refractivity contribution in [3.63, 3.8) is 0 Å². The number of allylic oxidation sites excluding steroid dienone is 1. The van der Waals surface area contributed by atoms with E-state index >= 15 is 0 Å². The minimum Gasteiger partial charge on any atom is -0.402 e. The average Bonchev–Trinajstić information content (AvgIpc) is 3.53. The lowest BCUT2D eigenvalue weighted by Gasteiger charge is -2.08. The molecule has 6 N–H and O–H groups in total. The van der Waals surface area contributed by atoms with E-state index in [1.54, 1.807) is 32.2 Å². The van der Waals surface area contributed by atoms with E-state index in [1.165, 1.54) is 6.20 Å². The average molecular weight is 452 g/mol. The minimum atomic E-state index is -0.572. The summed E-state index contributed by atoms with van der Waals surface area (Å²) >= 11 is 6.52. The summed E-state index contributed by atoms with van der Waals surface area (Å²) in [5.41, 5.74) is 8.69. The number of fused-ring (bicyclic) bond motifs is 1. The number of nitrogens with two attached hydrogens (primary N) is 1. The van der Waals surface area contributed by atoms with Crippen molar-refractivity contribution in [1.29, 1.82) is 5.41 Å². The predicted octanol–water partition coefficient (Wildman–Crippen LogP) is 3.84. The molecule has 0 unspecified atom stereocenters. The Morgan fingerprint density at radius 2 is 1.97 bits per heavy atom. The Bertz CT molecular complexity index is 1290. The van der Waals surface area contributed by atoms with Gasteiger partial charge in [-0.3, -0.25) is 15.0 Å². The highest BCUT2D eigenvalue weighted by Gasteiger charge is 2.30. The van der Waals surface area contributed by atoms with Crippen LogP contribution in [0, 0.1) is 11.3 Å². The van der Waals surface area contributed by atoms with Crippen LogP contribution in [0.3, 0.4) is 0 Å². The van der Waals surface area contributed by atoms with Crippen LogP contribution in [0.2, 0.25) is 5.02 Å². The highest BCUT2D eigenvalue weighted by Crippen LogP contribution is 2.35. The summed E-state index contributed by atoms with van der Waals surface area (Å²) < 4.78 is 0. The van der Waals surface area contributed by atoms with Crippen molar-refractivity contribution in [3.05, 3.63) is 46.9 Å². The lowest BCUT2D eigenvalue weighted by Crippen LogP contribution is -2.24. The predicted molar refractivity (Wildman–Crippen MR) is 125 cm³/mol. The van der Waals surface area contributed by atoms with Crippen LogP contribution in [0.4, 0.5) is 11.5 Å². The third kappa shape index (κ3) is 4.33. The molecule has 9 nitrogen and oxygen atoms in total. The first-order chi connectivity index (χ1) is 15.2. The zero-order valence-electron chi connectivity index (χ0n) is 17.5. The second kappa shape index (κ2) is 8.43. The monoisotopic (exact) mass is 451 g/mol. The molecule has 1 aliphatic carbocycles. The number of anilines is 2. The van der Waals surface area contributed by atoms with Crippen LogP contribution in [0.25, 0.3) is 22.3 Å². The zero-order valence-corrected chi connectivity index (χ0v) is 18.3. The molecule has 2 amide bonds. The van der Waals surface area contributed by atoms with E-state index in [-0.39, 0.29) is 17.5 Å². The number of halogens is 1. The fourth-order valence-corrected chi connectivity index (χ4v) is 3.35. The van der Waals surface area contributed by atoms with Crippen molar-refractivity contribution in [2.24, 2.45) is 11.7 Å². The number of hydrogen-bond acceptors (Lipinski definition) is 6. The number of nitrogens with one attached hydrogen (secondary N) is 4. The molecule has 10 heteroatoms. The maximum atomic E-state index is 12.3. The molecular weight excluding hydrogens is 430 g/mol. The number of aromatic amines is 1. The molecule has 1 saturated carbocycles. The van der Waals surface area contributed by atoms with Gasteiger partial charge < -0.3 is 21.4 Å². The lowest BCUT2D eigenvalue weighted by molar-refractivity contribution is -0.117. The molecule has 3 aromatic rings. The first kappa shape index (κ1) is 21.5.